The largest absolute Gasteiger partial charge is 0.462 e. The fraction of sp³-hybridized carbons (Fsp3) is 0.556. The number of hydrogen-bond donors (Lipinski definition) is 0. The molecule has 0 aromatic carbocycles. The molecule has 0 bridgehead atoms. The molecule has 2 aromatic heterocycles. The summed E-state index contributed by atoms with van der Waals surface area (Å²) in [4.78, 5) is 20.7. The molecule has 1 saturated carbocycles. The monoisotopic (exact) mass is 388 g/mol. The Morgan fingerprint density at radius 1 is 1.26 bits per heavy atom. The van der Waals surface area contributed by atoms with Crippen molar-refractivity contribution >= 4 is 24.0 Å². The van der Waals surface area contributed by atoms with E-state index in [0.29, 0.717) is 18.2 Å². The van der Waals surface area contributed by atoms with Crippen molar-refractivity contribution in [3.8, 4) is 0 Å². The zero-order valence-electron chi connectivity index (χ0n) is 15.5. The third-order valence-electron chi connectivity index (χ3n) is 4.99. The van der Waals surface area contributed by atoms with E-state index >= 15 is 0 Å². The molecule has 144 valence electrons. The number of pyridine rings is 1. The lowest BCUT2D eigenvalue weighted by Gasteiger charge is -2.35. The average Bonchev–Trinajstić information content (AvgIpc) is 3.47. The lowest BCUT2D eigenvalue weighted by molar-refractivity contribution is 0.0526. The van der Waals surface area contributed by atoms with E-state index in [1.165, 1.54) is 12.8 Å². The molecule has 1 saturated heterocycles. The molecule has 3 heterocycles. The number of nitrogens with zero attached hydrogens (tertiary/aromatic N) is 6. The molecule has 2 fully saturated rings. The number of hydrogen-bond acceptors (Lipinski definition) is 7. The molecule has 0 atom stereocenters. The van der Waals surface area contributed by atoms with Crippen LogP contribution in [0.2, 0.25) is 0 Å². The van der Waals surface area contributed by atoms with Crippen LogP contribution in [0.3, 0.4) is 0 Å². The quantitative estimate of drug-likeness (QED) is 0.554. The molecule has 0 amide bonds. The van der Waals surface area contributed by atoms with E-state index < -0.39 is 0 Å². The van der Waals surface area contributed by atoms with Crippen molar-refractivity contribution in [2.75, 3.05) is 37.7 Å². The molecule has 27 heavy (non-hydrogen) atoms. The maximum Gasteiger partial charge on any atom is 0.339 e. The summed E-state index contributed by atoms with van der Waals surface area (Å²) in [5.74, 6) is 0.557. The van der Waals surface area contributed by atoms with Gasteiger partial charge in [0, 0.05) is 38.4 Å². The minimum absolute atomic E-state index is 0.330. The number of aromatic nitrogens is 4. The fourth-order valence-corrected chi connectivity index (χ4v) is 3.57. The van der Waals surface area contributed by atoms with E-state index in [1.807, 2.05) is 17.1 Å². The summed E-state index contributed by atoms with van der Waals surface area (Å²) < 4.78 is 9.84. The molecule has 1 aliphatic carbocycles. The second kappa shape index (κ2) is 7.77. The topological polar surface area (TPSA) is 68.4 Å². The Balaban J connectivity index is 1.32. The lowest BCUT2D eigenvalue weighted by atomic mass is 10.2. The van der Waals surface area contributed by atoms with Gasteiger partial charge >= 0.3 is 5.97 Å². The summed E-state index contributed by atoms with van der Waals surface area (Å²) >= 11 is 5.54. The van der Waals surface area contributed by atoms with Crippen LogP contribution in [0.15, 0.2) is 24.7 Å². The van der Waals surface area contributed by atoms with Gasteiger partial charge in [0.2, 0.25) is 0 Å². The van der Waals surface area contributed by atoms with Crippen molar-refractivity contribution in [1.82, 2.24) is 24.2 Å². The molecule has 1 aliphatic heterocycles. The van der Waals surface area contributed by atoms with Gasteiger partial charge in [0.25, 0.3) is 0 Å². The molecule has 0 spiro atoms. The highest BCUT2D eigenvalue weighted by molar-refractivity contribution is 7.71. The van der Waals surface area contributed by atoms with Gasteiger partial charge in [-0.25, -0.2) is 14.5 Å². The summed E-state index contributed by atoms with van der Waals surface area (Å²) in [5, 5.41) is 4.45. The van der Waals surface area contributed by atoms with Crippen molar-refractivity contribution in [3.05, 3.63) is 35.0 Å². The third kappa shape index (κ3) is 4.03. The number of carbonyl (C=O) groups is 1. The van der Waals surface area contributed by atoms with Crippen LogP contribution >= 0.6 is 12.2 Å². The molecule has 9 heteroatoms. The predicted molar refractivity (Wildman–Crippen MR) is 103 cm³/mol. The Morgan fingerprint density at radius 2 is 2.04 bits per heavy atom. The number of esters is 1. The van der Waals surface area contributed by atoms with Crippen LogP contribution in [0.4, 0.5) is 5.82 Å². The highest BCUT2D eigenvalue weighted by Gasteiger charge is 2.25. The van der Waals surface area contributed by atoms with Crippen LogP contribution in [-0.2, 0) is 11.4 Å². The van der Waals surface area contributed by atoms with E-state index in [1.54, 1.807) is 19.2 Å². The third-order valence-corrected chi connectivity index (χ3v) is 5.41. The van der Waals surface area contributed by atoms with Gasteiger partial charge in [0.15, 0.2) is 4.77 Å². The number of piperazine rings is 1. The van der Waals surface area contributed by atoms with Crippen LogP contribution in [0.1, 0.15) is 36.2 Å². The first-order valence-electron chi connectivity index (χ1n) is 9.40. The van der Waals surface area contributed by atoms with Gasteiger partial charge in [-0.05, 0) is 44.1 Å². The summed E-state index contributed by atoms with van der Waals surface area (Å²) in [7, 11) is 0. The van der Waals surface area contributed by atoms with E-state index in [4.69, 9.17) is 17.0 Å². The van der Waals surface area contributed by atoms with E-state index in [0.717, 1.165) is 43.4 Å². The Labute approximate surface area is 163 Å². The minimum Gasteiger partial charge on any atom is -0.462 e. The predicted octanol–water partition coefficient (Wildman–Crippen LogP) is 2.10. The van der Waals surface area contributed by atoms with Crippen LogP contribution < -0.4 is 4.90 Å². The molecule has 2 aromatic rings. The zero-order valence-corrected chi connectivity index (χ0v) is 16.3. The molecule has 0 unspecified atom stereocenters. The average molecular weight is 388 g/mol. The molecule has 2 aliphatic rings. The van der Waals surface area contributed by atoms with Crippen molar-refractivity contribution in [2.45, 2.75) is 32.5 Å². The molecule has 0 radical (unpaired) electrons. The van der Waals surface area contributed by atoms with Gasteiger partial charge in [-0.2, -0.15) is 5.10 Å². The van der Waals surface area contributed by atoms with Crippen molar-refractivity contribution < 1.29 is 9.53 Å². The number of rotatable bonds is 6. The maximum absolute atomic E-state index is 11.7. The van der Waals surface area contributed by atoms with E-state index in [2.05, 4.69) is 24.4 Å². The SMILES string of the molecule is CCOC(=O)c1ccc(N2CCN(Cn3ncn(C4CC4)c3=S)CC2)nc1. The lowest BCUT2D eigenvalue weighted by Crippen LogP contribution is -2.47. The fourth-order valence-electron chi connectivity index (χ4n) is 3.27. The first-order chi connectivity index (χ1) is 13.2. The normalized spacial score (nSPS) is 17.9. The summed E-state index contributed by atoms with van der Waals surface area (Å²) in [6.45, 7) is 6.47. The van der Waals surface area contributed by atoms with Gasteiger partial charge in [-0.1, -0.05) is 0 Å². The van der Waals surface area contributed by atoms with E-state index in [-0.39, 0.29) is 5.97 Å². The Morgan fingerprint density at radius 3 is 2.67 bits per heavy atom. The highest BCUT2D eigenvalue weighted by Crippen LogP contribution is 2.34. The first-order valence-corrected chi connectivity index (χ1v) is 9.81. The first kappa shape index (κ1) is 18.1. The van der Waals surface area contributed by atoms with Gasteiger partial charge in [0.05, 0.1) is 18.8 Å². The van der Waals surface area contributed by atoms with Gasteiger partial charge in [0.1, 0.15) is 12.1 Å². The minimum atomic E-state index is -0.330. The second-order valence-corrected chi connectivity index (χ2v) is 7.29. The van der Waals surface area contributed by atoms with Crippen molar-refractivity contribution in [2.24, 2.45) is 0 Å². The molecule has 0 N–H and O–H groups in total. The number of anilines is 1. The van der Waals surface area contributed by atoms with Crippen LogP contribution in [0, 0.1) is 4.77 Å². The van der Waals surface area contributed by atoms with Crippen molar-refractivity contribution in [1.29, 1.82) is 0 Å². The zero-order chi connectivity index (χ0) is 18.8. The number of carbonyl (C=O) groups excluding carboxylic acids is 1. The summed E-state index contributed by atoms with van der Waals surface area (Å²) in [5.41, 5.74) is 0.486. The second-order valence-electron chi connectivity index (χ2n) is 6.92. The van der Waals surface area contributed by atoms with Gasteiger partial charge in [-0.15, -0.1) is 0 Å². The van der Waals surface area contributed by atoms with Crippen LogP contribution in [0.25, 0.3) is 0 Å². The Hall–Kier alpha value is -2.26. The van der Waals surface area contributed by atoms with Crippen molar-refractivity contribution in [3.63, 3.8) is 0 Å². The smallest absolute Gasteiger partial charge is 0.339 e. The Bertz CT molecular complexity index is 849. The molecular formula is C18H24N6O2S. The Kier molecular flexibility index (Phi) is 5.22. The number of ether oxygens (including phenoxy) is 1. The standard InChI is InChI=1S/C18H24N6O2S/c1-2-26-17(25)14-3-6-16(19-11-14)22-9-7-21(8-10-22)13-24-18(27)23(12-20-24)15-4-5-15/h3,6,11-12,15H,2,4-5,7-10,13H2,1H3. The van der Waals surface area contributed by atoms with Crippen LogP contribution in [-0.4, -0.2) is 63.0 Å². The summed E-state index contributed by atoms with van der Waals surface area (Å²) in [6.07, 6.45) is 5.87. The summed E-state index contributed by atoms with van der Waals surface area (Å²) in [6, 6.07) is 4.22. The maximum atomic E-state index is 11.7. The molecule has 4 rings (SSSR count). The van der Waals surface area contributed by atoms with Gasteiger partial charge in [-0.3, -0.25) is 4.90 Å². The highest BCUT2D eigenvalue weighted by atomic mass is 32.1. The van der Waals surface area contributed by atoms with E-state index in [9.17, 15) is 4.79 Å². The van der Waals surface area contributed by atoms with Gasteiger partial charge < -0.3 is 14.2 Å². The molecular weight excluding hydrogens is 364 g/mol. The van der Waals surface area contributed by atoms with Crippen LogP contribution in [0.5, 0.6) is 0 Å². The molecule has 8 nitrogen and oxygen atoms in total.